The molecule has 2 aromatic carbocycles. The van der Waals surface area contributed by atoms with Gasteiger partial charge in [0.15, 0.2) is 0 Å². The summed E-state index contributed by atoms with van der Waals surface area (Å²) < 4.78 is 0. The minimum absolute atomic E-state index is 0.0825. The van der Waals surface area contributed by atoms with Gasteiger partial charge in [-0.1, -0.05) is 89.2 Å². The van der Waals surface area contributed by atoms with Gasteiger partial charge in [0.05, 0.1) is 0 Å². The monoisotopic (exact) mass is 322 g/mol. The number of aryl methyl sites for hydroxylation is 1. The van der Waals surface area contributed by atoms with Gasteiger partial charge < -0.3 is 0 Å². The fraction of sp³-hybridized carbons (Fsp3) is 0.500. The molecule has 0 heteroatoms. The molecule has 0 nitrogen and oxygen atoms in total. The van der Waals surface area contributed by atoms with Gasteiger partial charge in [-0.15, -0.1) is 0 Å². The average Bonchev–Trinajstić information content (AvgIpc) is 2.67. The molecule has 0 saturated carbocycles. The van der Waals surface area contributed by atoms with E-state index in [1.807, 2.05) is 0 Å². The van der Waals surface area contributed by atoms with Gasteiger partial charge >= 0.3 is 0 Å². The van der Waals surface area contributed by atoms with Crippen LogP contribution < -0.4 is 0 Å². The van der Waals surface area contributed by atoms with Crippen LogP contribution in [0.2, 0.25) is 0 Å². The van der Waals surface area contributed by atoms with Crippen LogP contribution in [0.4, 0.5) is 0 Å². The molecule has 0 N–H and O–H groups in total. The molecule has 2 aromatic rings. The molecule has 1 atom stereocenters. The van der Waals surface area contributed by atoms with Crippen molar-refractivity contribution < 1.29 is 0 Å². The van der Waals surface area contributed by atoms with Crippen LogP contribution in [0.1, 0.15) is 77.0 Å². The predicted octanol–water partition coefficient (Wildman–Crippen LogP) is 7.16. The van der Waals surface area contributed by atoms with Crippen molar-refractivity contribution in [2.45, 2.75) is 72.1 Å². The van der Waals surface area contributed by atoms with Crippen molar-refractivity contribution in [3.63, 3.8) is 0 Å². The highest BCUT2D eigenvalue weighted by molar-refractivity contribution is 5.46. The van der Waals surface area contributed by atoms with Gasteiger partial charge in [-0.25, -0.2) is 0 Å². The molecule has 130 valence electrons. The van der Waals surface area contributed by atoms with E-state index in [9.17, 15) is 0 Å². The minimum Gasteiger partial charge on any atom is -0.0648 e. The SMILES string of the molecule is CCc1ccccc1C(CC)(c1ccccc1)C(CC)(CC)CC. The van der Waals surface area contributed by atoms with E-state index in [-0.39, 0.29) is 10.8 Å². The second-order valence-corrected chi connectivity index (χ2v) is 6.98. The third-order valence-electron chi connectivity index (χ3n) is 6.59. The van der Waals surface area contributed by atoms with Crippen LogP contribution in [0.25, 0.3) is 0 Å². The molecule has 0 fully saturated rings. The maximum absolute atomic E-state index is 2.39. The van der Waals surface area contributed by atoms with Gasteiger partial charge in [-0.05, 0) is 54.2 Å². The van der Waals surface area contributed by atoms with Crippen LogP contribution in [-0.4, -0.2) is 0 Å². The Morgan fingerprint density at radius 3 is 1.67 bits per heavy atom. The summed E-state index contributed by atoms with van der Waals surface area (Å²) >= 11 is 0. The molecule has 0 aliphatic heterocycles. The van der Waals surface area contributed by atoms with Crippen molar-refractivity contribution in [2.24, 2.45) is 5.41 Å². The average molecular weight is 323 g/mol. The Morgan fingerprint density at radius 2 is 1.17 bits per heavy atom. The van der Waals surface area contributed by atoms with E-state index in [2.05, 4.69) is 89.2 Å². The van der Waals surface area contributed by atoms with Crippen molar-refractivity contribution in [3.05, 3.63) is 71.3 Å². The predicted molar refractivity (Wildman–Crippen MR) is 107 cm³/mol. The van der Waals surface area contributed by atoms with Crippen LogP contribution in [0.15, 0.2) is 54.6 Å². The highest BCUT2D eigenvalue weighted by atomic mass is 14.5. The summed E-state index contributed by atoms with van der Waals surface area (Å²) in [7, 11) is 0. The van der Waals surface area contributed by atoms with Crippen LogP contribution in [0.5, 0.6) is 0 Å². The Balaban J connectivity index is 2.88. The molecule has 0 amide bonds. The van der Waals surface area contributed by atoms with E-state index in [1.165, 1.54) is 30.4 Å². The van der Waals surface area contributed by atoms with E-state index < -0.39 is 0 Å². The van der Waals surface area contributed by atoms with Crippen LogP contribution >= 0.6 is 0 Å². The molecule has 1 unspecified atom stereocenters. The van der Waals surface area contributed by atoms with Crippen molar-refractivity contribution in [2.75, 3.05) is 0 Å². The molecule has 0 bridgehead atoms. The first-order valence-corrected chi connectivity index (χ1v) is 9.79. The van der Waals surface area contributed by atoms with Gasteiger partial charge in [0, 0.05) is 5.41 Å². The molecular weight excluding hydrogens is 288 g/mol. The third kappa shape index (κ3) is 2.81. The summed E-state index contributed by atoms with van der Waals surface area (Å²) in [6.07, 6.45) is 5.86. The molecular formula is C24H34. The summed E-state index contributed by atoms with van der Waals surface area (Å²) in [5.41, 5.74) is 4.90. The zero-order valence-corrected chi connectivity index (χ0v) is 16.2. The highest BCUT2D eigenvalue weighted by Crippen LogP contribution is 2.56. The summed E-state index contributed by atoms with van der Waals surface area (Å²) in [6.45, 7) is 11.8. The number of hydrogen-bond acceptors (Lipinski definition) is 0. The first-order chi connectivity index (χ1) is 11.7. The van der Waals surface area contributed by atoms with E-state index >= 15 is 0 Å². The van der Waals surface area contributed by atoms with Gasteiger partial charge in [-0.2, -0.15) is 0 Å². The minimum atomic E-state index is 0.0825. The van der Waals surface area contributed by atoms with Gasteiger partial charge in [-0.3, -0.25) is 0 Å². The molecule has 0 aromatic heterocycles. The maximum atomic E-state index is 2.39. The summed E-state index contributed by atoms with van der Waals surface area (Å²) in [5, 5.41) is 0. The first kappa shape index (κ1) is 18.8. The van der Waals surface area contributed by atoms with E-state index in [0.29, 0.717) is 0 Å². The molecule has 0 aliphatic carbocycles. The smallest absolute Gasteiger partial charge is 0.0258 e. The molecule has 0 aliphatic rings. The summed E-state index contributed by atoms with van der Waals surface area (Å²) in [4.78, 5) is 0. The number of rotatable bonds is 8. The van der Waals surface area contributed by atoms with Crippen molar-refractivity contribution in [1.29, 1.82) is 0 Å². The molecule has 0 saturated heterocycles. The standard InChI is InChI=1S/C24H34/c1-6-20-16-14-15-19-22(20)24(10-5,21-17-12-11-13-18-21)23(7-2,8-3)9-4/h11-19H,6-10H2,1-5H3. The van der Waals surface area contributed by atoms with Crippen molar-refractivity contribution in [1.82, 2.24) is 0 Å². The Labute approximate surface area is 149 Å². The van der Waals surface area contributed by atoms with E-state index in [0.717, 1.165) is 12.8 Å². The van der Waals surface area contributed by atoms with Gasteiger partial charge in [0.1, 0.15) is 0 Å². The Morgan fingerprint density at radius 1 is 0.625 bits per heavy atom. The lowest BCUT2D eigenvalue weighted by molar-refractivity contribution is 0.119. The van der Waals surface area contributed by atoms with Crippen molar-refractivity contribution in [3.8, 4) is 0 Å². The lowest BCUT2D eigenvalue weighted by atomic mass is 9.51. The zero-order valence-electron chi connectivity index (χ0n) is 16.2. The lowest BCUT2D eigenvalue weighted by Gasteiger charge is -2.52. The maximum Gasteiger partial charge on any atom is 0.0258 e. The largest absolute Gasteiger partial charge is 0.0648 e. The van der Waals surface area contributed by atoms with Crippen molar-refractivity contribution >= 4 is 0 Å². The summed E-state index contributed by atoms with van der Waals surface area (Å²) in [6, 6.07) is 20.4. The summed E-state index contributed by atoms with van der Waals surface area (Å²) in [5.74, 6) is 0. The second-order valence-electron chi connectivity index (χ2n) is 6.98. The number of benzene rings is 2. The van der Waals surface area contributed by atoms with Crippen LogP contribution in [0.3, 0.4) is 0 Å². The third-order valence-corrected chi connectivity index (χ3v) is 6.59. The van der Waals surface area contributed by atoms with Gasteiger partial charge in [0.25, 0.3) is 0 Å². The quantitative estimate of drug-likeness (QED) is 0.483. The first-order valence-electron chi connectivity index (χ1n) is 9.79. The highest BCUT2D eigenvalue weighted by Gasteiger charge is 2.49. The van der Waals surface area contributed by atoms with Crippen LogP contribution in [0, 0.1) is 5.41 Å². The Bertz CT molecular complexity index is 613. The number of hydrogen-bond donors (Lipinski definition) is 0. The lowest BCUT2D eigenvalue weighted by Crippen LogP contribution is -2.46. The van der Waals surface area contributed by atoms with E-state index in [1.54, 1.807) is 5.56 Å². The topological polar surface area (TPSA) is 0 Å². The second kappa shape index (κ2) is 8.01. The Kier molecular flexibility index (Phi) is 6.27. The van der Waals surface area contributed by atoms with Gasteiger partial charge in [0.2, 0.25) is 0 Å². The molecule has 0 radical (unpaired) electrons. The van der Waals surface area contributed by atoms with E-state index in [4.69, 9.17) is 0 Å². The van der Waals surface area contributed by atoms with Crippen LogP contribution in [-0.2, 0) is 11.8 Å². The fourth-order valence-electron chi connectivity index (χ4n) is 5.14. The molecule has 24 heavy (non-hydrogen) atoms. The Hall–Kier alpha value is -1.56. The zero-order chi connectivity index (χ0) is 17.6. The molecule has 0 spiro atoms. The molecule has 2 rings (SSSR count). The fourth-order valence-corrected chi connectivity index (χ4v) is 5.14. The molecule has 0 heterocycles. The normalized spacial score (nSPS) is 14.4.